The average molecular weight is 332 g/mol. The van der Waals surface area contributed by atoms with Crippen LogP contribution in [0.25, 0.3) is 0 Å². The molecule has 2 fully saturated rings. The molecule has 0 saturated carbocycles. The van der Waals surface area contributed by atoms with Crippen LogP contribution in [0.2, 0.25) is 0 Å². The quantitative estimate of drug-likeness (QED) is 0.785. The standard InChI is InChI=1S/C16H24N6O2/c17-15(24)13-3-1-6-22(11-13)14(23)12-20-7-9-21(10-8-20)16-18-4-2-5-19-16/h2,4-5,13H,1,3,6-12H2,(H2,17,24). The topological polar surface area (TPSA) is 95.7 Å². The number of aromatic nitrogens is 2. The Hall–Kier alpha value is -2.22. The molecular weight excluding hydrogens is 308 g/mol. The Morgan fingerprint density at radius 2 is 1.83 bits per heavy atom. The molecule has 8 heteroatoms. The fourth-order valence-electron chi connectivity index (χ4n) is 3.29. The Kier molecular flexibility index (Phi) is 5.24. The molecule has 1 aromatic rings. The molecule has 0 spiro atoms. The number of nitrogens with two attached hydrogens (primary N) is 1. The van der Waals surface area contributed by atoms with Crippen molar-refractivity contribution in [2.24, 2.45) is 11.7 Å². The molecule has 0 radical (unpaired) electrons. The van der Waals surface area contributed by atoms with Crippen molar-refractivity contribution in [3.63, 3.8) is 0 Å². The zero-order chi connectivity index (χ0) is 16.9. The minimum Gasteiger partial charge on any atom is -0.369 e. The summed E-state index contributed by atoms with van der Waals surface area (Å²) >= 11 is 0. The maximum absolute atomic E-state index is 12.5. The zero-order valence-electron chi connectivity index (χ0n) is 13.8. The lowest BCUT2D eigenvalue weighted by molar-refractivity contribution is -0.136. The number of primary amides is 1. The summed E-state index contributed by atoms with van der Waals surface area (Å²) in [5.74, 6) is 0.327. The second-order valence-corrected chi connectivity index (χ2v) is 6.39. The Morgan fingerprint density at radius 3 is 2.50 bits per heavy atom. The molecule has 130 valence electrons. The largest absolute Gasteiger partial charge is 0.369 e. The Bertz CT molecular complexity index is 573. The Morgan fingerprint density at radius 1 is 1.12 bits per heavy atom. The van der Waals surface area contributed by atoms with Crippen molar-refractivity contribution in [2.45, 2.75) is 12.8 Å². The number of piperazine rings is 1. The van der Waals surface area contributed by atoms with Gasteiger partial charge in [0.1, 0.15) is 0 Å². The molecule has 2 aliphatic heterocycles. The van der Waals surface area contributed by atoms with Crippen LogP contribution in [0.1, 0.15) is 12.8 Å². The van der Waals surface area contributed by atoms with Crippen LogP contribution in [-0.4, -0.2) is 77.4 Å². The third-order valence-electron chi connectivity index (χ3n) is 4.74. The molecule has 2 amide bonds. The lowest BCUT2D eigenvalue weighted by atomic mass is 9.97. The van der Waals surface area contributed by atoms with Crippen molar-refractivity contribution in [1.29, 1.82) is 0 Å². The van der Waals surface area contributed by atoms with Gasteiger partial charge >= 0.3 is 0 Å². The van der Waals surface area contributed by atoms with Gasteiger partial charge in [0.05, 0.1) is 12.5 Å². The predicted octanol–water partition coefficient (Wildman–Crippen LogP) is -0.677. The minimum atomic E-state index is -0.302. The number of amides is 2. The third-order valence-corrected chi connectivity index (χ3v) is 4.74. The van der Waals surface area contributed by atoms with Gasteiger partial charge in [0.25, 0.3) is 0 Å². The van der Waals surface area contributed by atoms with E-state index in [1.54, 1.807) is 23.4 Å². The fourth-order valence-corrected chi connectivity index (χ4v) is 3.29. The highest BCUT2D eigenvalue weighted by Crippen LogP contribution is 2.17. The van der Waals surface area contributed by atoms with Gasteiger partial charge in [-0.1, -0.05) is 0 Å². The van der Waals surface area contributed by atoms with E-state index in [1.807, 2.05) is 0 Å². The van der Waals surface area contributed by atoms with Crippen LogP contribution in [0.4, 0.5) is 5.95 Å². The maximum atomic E-state index is 12.5. The molecule has 2 aliphatic rings. The van der Waals surface area contributed by atoms with Gasteiger partial charge in [-0.25, -0.2) is 9.97 Å². The Balaban J connectivity index is 1.47. The van der Waals surface area contributed by atoms with Crippen LogP contribution < -0.4 is 10.6 Å². The summed E-state index contributed by atoms with van der Waals surface area (Å²) < 4.78 is 0. The van der Waals surface area contributed by atoms with Gasteiger partial charge < -0.3 is 15.5 Å². The summed E-state index contributed by atoms with van der Waals surface area (Å²) in [7, 11) is 0. The molecule has 24 heavy (non-hydrogen) atoms. The van der Waals surface area contributed by atoms with E-state index >= 15 is 0 Å². The summed E-state index contributed by atoms with van der Waals surface area (Å²) in [6.45, 7) is 4.80. The summed E-state index contributed by atoms with van der Waals surface area (Å²) in [6, 6.07) is 1.80. The van der Waals surface area contributed by atoms with E-state index in [9.17, 15) is 9.59 Å². The maximum Gasteiger partial charge on any atom is 0.236 e. The van der Waals surface area contributed by atoms with Crippen molar-refractivity contribution in [2.75, 3.05) is 50.7 Å². The molecule has 0 bridgehead atoms. The summed E-state index contributed by atoms with van der Waals surface area (Å²) in [5, 5.41) is 0. The van der Waals surface area contributed by atoms with E-state index in [4.69, 9.17) is 5.73 Å². The summed E-state index contributed by atoms with van der Waals surface area (Å²) in [4.78, 5) is 38.4. The number of rotatable bonds is 4. The molecule has 3 heterocycles. The smallest absolute Gasteiger partial charge is 0.236 e. The van der Waals surface area contributed by atoms with Crippen molar-refractivity contribution < 1.29 is 9.59 Å². The van der Waals surface area contributed by atoms with Gasteiger partial charge in [0, 0.05) is 51.7 Å². The van der Waals surface area contributed by atoms with E-state index in [0.29, 0.717) is 13.1 Å². The molecule has 1 aromatic heterocycles. The molecular formula is C16H24N6O2. The number of nitrogens with zero attached hydrogens (tertiary/aromatic N) is 5. The van der Waals surface area contributed by atoms with Gasteiger partial charge in [0.2, 0.25) is 17.8 Å². The predicted molar refractivity (Wildman–Crippen MR) is 89.2 cm³/mol. The number of anilines is 1. The van der Waals surface area contributed by atoms with Crippen molar-refractivity contribution in [3.8, 4) is 0 Å². The second-order valence-electron chi connectivity index (χ2n) is 6.39. The van der Waals surface area contributed by atoms with Gasteiger partial charge in [-0.05, 0) is 18.9 Å². The van der Waals surface area contributed by atoms with E-state index in [2.05, 4.69) is 19.8 Å². The van der Waals surface area contributed by atoms with Crippen LogP contribution in [0.5, 0.6) is 0 Å². The third kappa shape index (κ3) is 4.00. The highest BCUT2D eigenvalue weighted by atomic mass is 16.2. The number of hydrogen-bond donors (Lipinski definition) is 1. The van der Waals surface area contributed by atoms with Crippen LogP contribution in [0.15, 0.2) is 18.5 Å². The average Bonchev–Trinajstić information content (AvgIpc) is 2.63. The minimum absolute atomic E-state index is 0.0883. The van der Waals surface area contributed by atoms with E-state index in [1.165, 1.54) is 0 Å². The van der Waals surface area contributed by atoms with Gasteiger partial charge in [-0.3, -0.25) is 14.5 Å². The van der Waals surface area contributed by atoms with Crippen molar-refractivity contribution in [3.05, 3.63) is 18.5 Å². The van der Waals surface area contributed by atoms with Crippen LogP contribution in [0, 0.1) is 5.92 Å². The number of carbonyl (C=O) groups is 2. The SMILES string of the molecule is NC(=O)C1CCCN(C(=O)CN2CCN(c3ncccn3)CC2)C1. The number of carbonyl (C=O) groups excluding carboxylic acids is 2. The van der Waals surface area contributed by atoms with Crippen LogP contribution >= 0.6 is 0 Å². The first kappa shape index (κ1) is 16.6. The number of hydrogen-bond acceptors (Lipinski definition) is 6. The first-order valence-electron chi connectivity index (χ1n) is 8.45. The molecule has 2 saturated heterocycles. The molecule has 3 rings (SSSR count). The van der Waals surface area contributed by atoms with Gasteiger partial charge in [0.15, 0.2) is 0 Å². The highest BCUT2D eigenvalue weighted by molar-refractivity contribution is 5.81. The van der Waals surface area contributed by atoms with Crippen molar-refractivity contribution >= 4 is 17.8 Å². The highest BCUT2D eigenvalue weighted by Gasteiger charge is 2.28. The van der Waals surface area contributed by atoms with Crippen LogP contribution in [-0.2, 0) is 9.59 Å². The summed E-state index contributed by atoms with van der Waals surface area (Å²) in [5.41, 5.74) is 5.38. The first-order chi connectivity index (χ1) is 11.6. The van der Waals surface area contributed by atoms with E-state index in [-0.39, 0.29) is 17.7 Å². The second kappa shape index (κ2) is 7.57. The van der Waals surface area contributed by atoms with Crippen LogP contribution in [0.3, 0.4) is 0 Å². The monoisotopic (exact) mass is 332 g/mol. The molecule has 1 atom stereocenters. The molecule has 1 unspecified atom stereocenters. The number of piperidine rings is 1. The lowest BCUT2D eigenvalue weighted by Gasteiger charge is -2.36. The molecule has 0 aromatic carbocycles. The first-order valence-corrected chi connectivity index (χ1v) is 8.45. The fraction of sp³-hybridized carbons (Fsp3) is 0.625. The van der Waals surface area contributed by atoms with E-state index < -0.39 is 0 Å². The zero-order valence-corrected chi connectivity index (χ0v) is 13.8. The van der Waals surface area contributed by atoms with Gasteiger partial charge in [-0.15, -0.1) is 0 Å². The lowest BCUT2D eigenvalue weighted by Crippen LogP contribution is -2.52. The van der Waals surface area contributed by atoms with Gasteiger partial charge in [-0.2, -0.15) is 0 Å². The molecule has 2 N–H and O–H groups in total. The molecule has 0 aliphatic carbocycles. The molecule has 8 nitrogen and oxygen atoms in total. The summed E-state index contributed by atoms with van der Waals surface area (Å²) in [6.07, 6.45) is 5.11. The Labute approximate surface area is 141 Å². The van der Waals surface area contributed by atoms with E-state index in [0.717, 1.165) is 51.5 Å². The van der Waals surface area contributed by atoms with Crippen molar-refractivity contribution in [1.82, 2.24) is 19.8 Å². The normalized spacial score (nSPS) is 22.4. The number of likely N-dealkylation sites (tertiary alicyclic amines) is 1.